The van der Waals surface area contributed by atoms with Gasteiger partial charge < -0.3 is 14.4 Å². The predicted octanol–water partition coefficient (Wildman–Crippen LogP) is 3.24. The van der Waals surface area contributed by atoms with E-state index in [0.29, 0.717) is 24.2 Å². The number of amides is 1. The normalized spacial score (nSPS) is 21.4. The second-order valence-corrected chi connectivity index (χ2v) is 5.82. The van der Waals surface area contributed by atoms with Crippen LogP contribution in [0.1, 0.15) is 41.5 Å². The number of likely N-dealkylation sites (tertiary alicyclic amines) is 1. The maximum absolute atomic E-state index is 12.1. The van der Waals surface area contributed by atoms with E-state index in [2.05, 4.69) is 15.9 Å². The quantitative estimate of drug-likeness (QED) is 0.737. The van der Waals surface area contributed by atoms with Crippen molar-refractivity contribution in [2.75, 3.05) is 13.1 Å². The fourth-order valence-electron chi connectivity index (χ4n) is 2.47. The molecule has 0 aliphatic carbocycles. The minimum Gasteiger partial charge on any atom is -0.417 e. The molecule has 1 aromatic rings. The van der Waals surface area contributed by atoms with E-state index < -0.39 is 18.4 Å². The van der Waals surface area contributed by atoms with Gasteiger partial charge in [0.05, 0.1) is 5.56 Å². The number of piperidine rings is 1. The third kappa shape index (κ3) is 2.52. The summed E-state index contributed by atoms with van der Waals surface area (Å²) in [5.74, 6) is -0.455. The maximum atomic E-state index is 12.1. The van der Waals surface area contributed by atoms with Crippen molar-refractivity contribution in [2.24, 2.45) is 0 Å². The zero-order chi connectivity index (χ0) is 14.1. The predicted molar refractivity (Wildman–Crippen MR) is 74.2 cm³/mol. The molecule has 1 aromatic carbocycles. The van der Waals surface area contributed by atoms with Gasteiger partial charge in [0, 0.05) is 23.1 Å². The topological polar surface area (TPSA) is 55.8 Å². The van der Waals surface area contributed by atoms with Gasteiger partial charge in [-0.25, -0.2) is 9.59 Å². The maximum Gasteiger partial charge on any atom is 0.413 e. The number of esters is 1. The molecule has 1 amide bonds. The van der Waals surface area contributed by atoms with Crippen LogP contribution in [0.4, 0.5) is 4.79 Å². The molecule has 0 N–H and O–H groups in total. The Bertz CT molecular complexity index is 554. The van der Waals surface area contributed by atoms with E-state index in [1.807, 2.05) is 0 Å². The molecule has 1 fully saturated rings. The molecular formula is C14H14BrNO4. The minimum absolute atomic E-state index is 0.421. The number of cyclic esters (lactones) is 1. The molecule has 0 radical (unpaired) electrons. The van der Waals surface area contributed by atoms with Crippen molar-refractivity contribution in [3.63, 3.8) is 0 Å². The Morgan fingerprint density at radius 1 is 1.30 bits per heavy atom. The number of hydrogen-bond acceptors (Lipinski definition) is 4. The molecule has 1 atom stereocenters. The smallest absolute Gasteiger partial charge is 0.413 e. The van der Waals surface area contributed by atoms with Crippen LogP contribution in [0.5, 0.6) is 0 Å². The standard InChI is InChI=1S/C14H14BrNO4/c15-9-4-5-10-11(8-9)13(19-12(10)17)20-14(18)16-6-2-1-3-7-16/h4-5,8,13H,1-3,6-7H2. The first-order valence-corrected chi connectivity index (χ1v) is 7.40. The van der Waals surface area contributed by atoms with E-state index in [0.717, 1.165) is 23.7 Å². The molecule has 0 spiro atoms. The minimum atomic E-state index is -0.940. The lowest BCUT2D eigenvalue weighted by atomic mass is 10.1. The molecule has 20 heavy (non-hydrogen) atoms. The number of fused-ring (bicyclic) bond motifs is 1. The van der Waals surface area contributed by atoms with Gasteiger partial charge in [0.15, 0.2) is 0 Å². The van der Waals surface area contributed by atoms with Gasteiger partial charge >= 0.3 is 12.1 Å². The van der Waals surface area contributed by atoms with Crippen LogP contribution in [-0.2, 0) is 9.47 Å². The number of nitrogens with zero attached hydrogens (tertiary/aromatic N) is 1. The van der Waals surface area contributed by atoms with E-state index in [9.17, 15) is 9.59 Å². The number of halogens is 1. The summed E-state index contributed by atoms with van der Waals surface area (Å²) in [6.45, 7) is 1.40. The van der Waals surface area contributed by atoms with E-state index in [-0.39, 0.29) is 0 Å². The first-order chi connectivity index (χ1) is 9.65. The monoisotopic (exact) mass is 339 g/mol. The lowest BCUT2D eigenvalue weighted by molar-refractivity contribution is -0.0736. The summed E-state index contributed by atoms with van der Waals surface area (Å²) < 4.78 is 11.3. The molecule has 3 rings (SSSR count). The molecule has 106 valence electrons. The molecule has 2 aliphatic heterocycles. The summed E-state index contributed by atoms with van der Waals surface area (Å²) in [5, 5.41) is 0. The highest BCUT2D eigenvalue weighted by atomic mass is 79.9. The average molecular weight is 340 g/mol. The summed E-state index contributed by atoms with van der Waals surface area (Å²) in [4.78, 5) is 25.4. The summed E-state index contributed by atoms with van der Waals surface area (Å²) in [6, 6.07) is 5.17. The molecule has 2 heterocycles. The number of carbonyl (C=O) groups excluding carboxylic acids is 2. The van der Waals surface area contributed by atoms with Gasteiger partial charge in [0.2, 0.25) is 0 Å². The van der Waals surface area contributed by atoms with Crippen LogP contribution in [0.25, 0.3) is 0 Å². The molecule has 1 unspecified atom stereocenters. The first kappa shape index (κ1) is 13.4. The van der Waals surface area contributed by atoms with Gasteiger partial charge in [-0.2, -0.15) is 0 Å². The average Bonchev–Trinajstić information content (AvgIpc) is 2.76. The van der Waals surface area contributed by atoms with E-state index in [1.165, 1.54) is 0 Å². The molecule has 0 aromatic heterocycles. The van der Waals surface area contributed by atoms with Crippen molar-refractivity contribution >= 4 is 28.0 Å². The Kier molecular flexibility index (Phi) is 3.65. The van der Waals surface area contributed by atoms with Crippen molar-refractivity contribution in [3.8, 4) is 0 Å². The van der Waals surface area contributed by atoms with Gasteiger partial charge in [-0.3, -0.25) is 0 Å². The van der Waals surface area contributed by atoms with Crippen molar-refractivity contribution in [3.05, 3.63) is 33.8 Å². The lowest BCUT2D eigenvalue weighted by Crippen LogP contribution is -2.36. The van der Waals surface area contributed by atoms with Crippen molar-refractivity contribution in [1.29, 1.82) is 0 Å². The van der Waals surface area contributed by atoms with Crippen LogP contribution >= 0.6 is 15.9 Å². The third-order valence-corrected chi connectivity index (χ3v) is 4.02. The fraction of sp³-hybridized carbons (Fsp3) is 0.429. The van der Waals surface area contributed by atoms with Crippen molar-refractivity contribution in [2.45, 2.75) is 25.6 Å². The first-order valence-electron chi connectivity index (χ1n) is 6.61. The van der Waals surface area contributed by atoms with Gasteiger partial charge in [-0.05, 0) is 37.5 Å². The second-order valence-electron chi connectivity index (χ2n) is 4.90. The molecular weight excluding hydrogens is 326 g/mol. The van der Waals surface area contributed by atoms with E-state index in [1.54, 1.807) is 23.1 Å². The van der Waals surface area contributed by atoms with Gasteiger partial charge in [-0.15, -0.1) is 0 Å². The van der Waals surface area contributed by atoms with E-state index >= 15 is 0 Å². The molecule has 2 aliphatic rings. The number of carbonyl (C=O) groups is 2. The Balaban J connectivity index is 1.74. The van der Waals surface area contributed by atoms with Crippen molar-refractivity contribution in [1.82, 2.24) is 4.90 Å². The Hall–Kier alpha value is -1.56. The van der Waals surface area contributed by atoms with Crippen LogP contribution in [0, 0.1) is 0 Å². The summed E-state index contributed by atoms with van der Waals surface area (Å²) >= 11 is 3.34. The third-order valence-electron chi connectivity index (χ3n) is 3.52. The zero-order valence-corrected chi connectivity index (χ0v) is 12.4. The Labute approximate surface area is 125 Å². The molecule has 0 bridgehead atoms. The number of hydrogen-bond donors (Lipinski definition) is 0. The Morgan fingerprint density at radius 3 is 2.80 bits per heavy atom. The van der Waals surface area contributed by atoms with Crippen molar-refractivity contribution < 1.29 is 19.1 Å². The van der Waals surface area contributed by atoms with Crippen LogP contribution in [-0.4, -0.2) is 30.1 Å². The molecule has 5 nitrogen and oxygen atoms in total. The van der Waals surface area contributed by atoms with Gasteiger partial charge in [-0.1, -0.05) is 15.9 Å². The molecule has 0 saturated carbocycles. The number of benzene rings is 1. The zero-order valence-electron chi connectivity index (χ0n) is 10.8. The van der Waals surface area contributed by atoms with Gasteiger partial charge in [0.1, 0.15) is 0 Å². The highest BCUT2D eigenvalue weighted by Gasteiger charge is 2.35. The van der Waals surface area contributed by atoms with Gasteiger partial charge in [0.25, 0.3) is 6.29 Å². The molecule has 6 heteroatoms. The highest BCUT2D eigenvalue weighted by Crippen LogP contribution is 2.34. The largest absolute Gasteiger partial charge is 0.417 e. The highest BCUT2D eigenvalue weighted by molar-refractivity contribution is 9.10. The molecule has 1 saturated heterocycles. The summed E-state index contributed by atoms with van der Waals surface area (Å²) in [6.07, 6.45) is 1.75. The number of rotatable bonds is 1. The SMILES string of the molecule is O=C1OC(OC(=O)N2CCCCC2)c2cc(Br)ccc21. The van der Waals surface area contributed by atoms with Crippen LogP contribution in [0.2, 0.25) is 0 Å². The lowest BCUT2D eigenvalue weighted by Gasteiger charge is -2.26. The van der Waals surface area contributed by atoms with Crippen LogP contribution < -0.4 is 0 Å². The van der Waals surface area contributed by atoms with E-state index in [4.69, 9.17) is 9.47 Å². The summed E-state index contributed by atoms with van der Waals surface area (Å²) in [5.41, 5.74) is 1.04. The van der Waals surface area contributed by atoms with Crippen LogP contribution in [0.15, 0.2) is 22.7 Å². The van der Waals surface area contributed by atoms with Crippen LogP contribution in [0.3, 0.4) is 0 Å². The second kappa shape index (κ2) is 5.44. The number of ether oxygens (including phenoxy) is 2. The fourth-order valence-corrected chi connectivity index (χ4v) is 2.85. The summed E-state index contributed by atoms with van der Waals surface area (Å²) in [7, 11) is 0. The Morgan fingerprint density at radius 2 is 2.05 bits per heavy atom.